The zero-order valence-electron chi connectivity index (χ0n) is 17.4. The van der Waals surface area contributed by atoms with Crippen LogP contribution in [0.2, 0.25) is 0 Å². The number of aromatic amines is 1. The molecule has 1 aromatic carbocycles. The van der Waals surface area contributed by atoms with E-state index in [9.17, 15) is 4.79 Å². The van der Waals surface area contributed by atoms with E-state index in [0.717, 1.165) is 13.0 Å². The lowest BCUT2D eigenvalue weighted by molar-refractivity contribution is -0.674. The Bertz CT molecular complexity index is 933. The molecule has 0 unspecified atom stereocenters. The summed E-state index contributed by atoms with van der Waals surface area (Å²) >= 11 is 1.79. The second-order valence-electron chi connectivity index (χ2n) is 8.49. The van der Waals surface area contributed by atoms with Crippen LogP contribution < -0.4 is 10.6 Å². The van der Waals surface area contributed by atoms with Crippen molar-refractivity contribution in [3.8, 4) is 0 Å². The average molecular weight is 411 g/mol. The molecule has 4 rings (SSSR count). The molecule has 2 heterocycles. The molecule has 1 aliphatic rings. The standard InChI is InChI=1S/C24H31N3OS/c1-16-8-3-5-10-21(16)27-24(28)17(2)25-15-20(23-12-7-13-29-23)19-14-26-22-11-6-4-9-18(19)22/h4,6-7,9,11-14,16-17,20-21,25-26H,3,5,8,10,15H2,1-2H3,(H,27,28)/p+1/t16-,17-,20-,21+/m1/s1. The first kappa shape index (κ1) is 20.2. The number of hydrogen-bond donors (Lipinski definition) is 3. The topological polar surface area (TPSA) is 61.5 Å². The van der Waals surface area contributed by atoms with Crippen LogP contribution in [0.15, 0.2) is 48.0 Å². The van der Waals surface area contributed by atoms with Gasteiger partial charge in [0, 0.05) is 28.0 Å². The van der Waals surface area contributed by atoms with Crippen molar-refractivity contribution in [2.45, 2.75) is 57.5 Å². The van der Waals surface area contributed by atoms with Gasteiger partial charge in [-0.3, -0.25) is 4.79 Å². The van der Waals surface area contributed by atoms with Crippen molar-refractivity contribution >= 4 is 28.1 Å². The van der Waals surface area contributed by atoms with Crippen molar-refractivity contribution in [2.24, 2.45) is 5.92 Å². The molecule has 0 spiro atoms. The maximum Gasteiger partial charge on any atom is 0.278 e. The number of quaternary nitrogens is 1. The molecule has 1 saturated carbocycles. The van der Waals surface area contributed by atoms with Gasteiger partial charge in [-0.15, -0.1) is 11.3 Å². The van der Waals surface area contributed by atoms with E-state index in [1.54, 1.807) is 11.3 Å². The van der Waals surface area contributed by atoms with Gasteiger partial charge in [0.25, 0.3) is 5.91 Å². The van der Waals surface area contributed by atoms with Crippen molar-refractivity contribution in [1.29, 1.82) is 0 Å². The maximum absolute atomic E-state index is 12.8. The second kappa shape index (κ2) is 9.14. The zero-order chi connectivity index (χ0) is 20.2. The normalized spacial score (nSPS) is 21.7. The number of fused-ring (bicyclic) bond motifs is 1. The average Bonchev–Trinajstić information content (AvgIpc) is 3.40. The van der Waals surface area contributed by atoms with E-state index in [1.807, 2.05) is 6.92 Å². The highest BCUT2D eigenvalue weighted by Gasteiger charge is 2.28. The molecule has 4 atom stereocenters. The Morgan fingerprint density at radius 1 is 1.24 bits per heavy atom. The lowest BCUT2D eigenvalue weighted by Gasteiger charge is -2.30. The van der Waals surface area contributed by atoms with Crippen molar-refractivity contribution in [3.05, 3.63) is 58.4 Å². The smallest absolute Gasteiger partial charge is 0.278 e. The van der Waals surface area contributed by atoms with Crippen LogP contribution in [0.4, 0.5) is 0 Å². The van der Waals surface area contributed by atoms with Crippen molar-refractivity contribution in [1.82, 2.24) is 10.3 Å². The summed E-state index contributed by atoms with van der Waals surface area (Å²) in [5.41, 5.74) is 2.48. The van der Waals surface area contributed by atoms with Crippen molar-refractivity contribution in [2.75, 3.05) is 6.54 Å². The van der Waals surface area contributed by atoms with Gasteiger partial charge in [0.1, 0.15) is 0 Å². The molecule has 5 heteroatoms. The fourth-order valence-electron chi connectivity index (χ4n) is 4.56. The minimum atomic E-state index is -0.0863. The molecule has 29 heavy (non-hydrogen) atoms. The molecule has 4 nitrogen and oxygen atoms in total. The molecule has 154 valence electrons. The molecule has 2 aromatic heterocycles. The van der Waals surface area contributed by atoms with Crippen LogP contribution >= 0.6 is 11.3 Å². The Morgan fingerprint density at radius 2 is 2.07 bits per heavy atom. The van der Waals surface area contributed by atoms with Crippen LogP contribution in [0.25, 0.3) is 10.9 Å². The van der Waals surface area contributed by atoms with Gasteiger partial charge in [0.2, 0.25) is 0 Å². The fraction of sp³-hybridized carbons (Fsp3) is 0.458. The maximum atomic E-state index is 12.8. The molecule has 1 aliphatic carbocycles. The molecule has 1 amide bonds. The number of H-pyrrole nitrogens is 1. The Morgan fingerprint density at radius 3 is 2.86 bits per heavy atom. The van der Waals surface area contributed by atoms with Gasteiger partial charge in [-0.1, -0.05) is 44.0 Å². The minimum absolute atomic E-state index is 0.0863. The molecule has 4 N–H and O–H groups in total. The quantitative estimate of drug-likeness (QED) is 0.541. The summed E-state index contributed by atoms with van der Waals surface area (Å²) in [6.07, 6.45) is 7.00. The van der Waals surface area contributed by atoms with E-state index >= 15 is 0 Å². The number of benzene rings is 1. The van der Waals surface area contributed by atoms with E-state index in [2.05, 4.69) is 70.5 Å². The summed E-state index contributed by atoms with van der Waals surface area (Å²) in [7, 11) is 0. The summed E-state index contributed by atoms with van der Waals surface area (Å²) < 4.78 is 0. The van der Waals surface area contributed by atoms with Gasteiger partial charge in [0.05, 0.1) is 12.5 Å². The number of aromatic nitrogens is 1. The van der Waals surface area contributed by atoms with E-state index < -0.39 is 0 Å². The van der Waals surface area contributed by atoms with E-state index in [1.165, 1.54) is 40.6 Å². The molecule has 0 aliphatic heterocycles. The number of nitrogens with two attached hydrogens (primary N) is 1. The number of carbonyl (C=O) groups is 1. The van der Waals surface area contributed by atoms with Gasteiger partial charge in [-0.05, 0) is 48.8 Å². The number of rotatable bonds is 7. The van der Waals surface area contributed by atoms with Crippen molar-refractivity contribution < 1.29 is 10.1 Å². The highest BCUT2D eigenvalue weighted by Crippen LogP contribution is 2.32. The highest BCUT2D eigenvalue weighted by atomic mass is 32.1. The van der Waals surface area contributed by atoms with E-state index in [0.29, 0.717) is 12.0 Å². The predicted molar refractivity (Wildman–Crippen MR) is 120 cm³/mol. The largest absolute Gasteiger partial charge is 0.361 e. The van der Waals surface area contributed by atoms with Gasteiger partial charge < -0.3 is 15.6 Å². The summed E-state index contributed by atoms with van der Waals surface area (Å²) in [4.78, 5) is 17.6. The molecule has 1 fully saturated rings. The summed E-state index contributed by atoms with van der Waals surface area (Å²) in [5, 5.41) is 8.93. The van der Waals surface area contributed by atoms with Crippen LogP contribution in [-0.2, 0) is 4.79 Å². The monoisotopic (exact) mass is 410 g/mol. The molecule has 0 radical (unpaired) electrons. The van der Waals surface area contributed by atoms with E-state index in [4.69, 9.17) is 0 Å². The number of nitrogens with one attached hydrogen (secondary N) is 2. The zero-order valence-corrected chi connectivity index (χ0v) is 18.2. The molecule has 0 bridgehead atoms. The number of amides is 1. The Hall–Kier alpha value is -2.11. The third-order valence-corrected chi connectivity index (χ3v) is 7.45. The van der Waals surface area contributed by atoms with Crippen LogP contribution in [0.1, 0.15) is 55.9 Å². The number of hydrogen-bond acceptors (Lipinski definition) is 2. The fourth-order valence-corrected chi connectivity index (χ4v) is 5.42. The Balaban J connectivity index is 1.45. The first-order chi connectivity index (χ1) is 14.1. The minimum Gasteiger partial charge on any atom is -0.361 e. The van der Waals surface area contributed by atoms with Gasteiger partial charge in [0.15, 0.2) is 6.04 Å². The SMILES string of the molecule is C[C@@H]1CCCC[C@@H]1NC(=O)[C@@H](C)[NH2+]C[C@@H](c1cccs1)c1c[nH]c2ccccc12. The first-order valence-corrected chi connectivity index (χ1v) is 11.7. The van der Waals surface area contributed by atoms with Crippen LogP contribution in [0.5, 0.6) is 0 Å². The number of carbonyl (C=O) groups excluding carboxylic acids is 1. The first-order valence-electron chi connectivity index (χ1n) is 10.9. The van der Waals surface area contributed by atoms with Gasteiger partial charge in [-0.25, -0.2) is 0 Å². The van der Waals surface area contributed by atoms with Crippen LogP contribution in [0, 0.1) is 5.92 Å². The highest BCUT2D eigenvalue weighted by molar-refractivity contribution is 7.10. The molecule has 3 aromatic rings. The molecular weight excluding hydrogens is 378 g/mol. The Kier molecular flexibility index (Phi) is 6.36. The summed E-state index contributed by atoms with van der Waals surface area (Å²) in [5.74, 6) is 1.03. The van der Waals surface area contributed by atoms with E-state index in [-0.39, 0.29) is 17.9 Å². The lowest BCUT2D eigenvalue weighted by atomic mass is 9.86. The molecule has 0 saturated heterocycles. The second-order valence-corrected chi connectivity index (χ2v) is 9.47. The van der Waals surface area contributed by atoms with Crippen molar-refractivity contribution in [3.63, 3.8) is 0 Å². The van der Waals surface area contributed by atoms with Gasteiger partial charge in [-0.2, -0.15) is 0 Å². The Labute approximate surface area is 177 Å². The number of para-hydroxylation sites is 1. The third kappa shape index (κ3) is 4.57. The third-order valence-electron chi connectivity index (χ3n) is 6.46. The van der Waals surface area contributed by atoms with Crippen LogP contribution in [-0.4, -0.2) is 29.5 Å². The van der Waals surface area contributed by atoms with Crippen LogP contribution in [0.3, 0.4) is 0 Å². The summed E-state index contributed by atoms with van der Waals surface area (Å²) in [6.45, 7) is 5.16. The van der Waals surface area contributed by atoms with Gasteiger partial charge >= 0.3 is 0 Å². The molecular formula is C24H32N3OS+. The lowest BCUT2D eigenvalue weighted by Crippen LogP contribution is -2.92. The summed E-state index contributed by atoms with van der Waals surface area (Å²) in [6, 6.07) is 13.0. The predicted octanol–water partition coefficient (Wildman–Crippen LogP) is 4.01. The number of thiophene rings is 1.